The van der Waals surface area contributed by atoms with Crippen LogP contribution in [0.2, 0.25) is 5.02 Å². The van der Waals surface area contributed by atoms with Crippen molar-refractivity contribution in [1.29, 1.82) is 0 Å². The van der Waals surface area contributed by atoms with E-state index in [4.69, 9.17) is 16.3 Å². The highest BCUT2D eigenvalue weighted by Crippen LogP contribution is 2.17. The maximum atomic E-state index is 12.8. The van der Waals surface area contributed by atoms with E-state index in [-0.39, 0.29) is 24.4 Å². The first-order chi connectivity index (χ1) is 10.0. The molecule has 0 unspecified atom stereocenters. The molecule has 0 saturated heterocycles. The number of benzene rings is 2. The van der Waals surface area contributed by atoms with E-state index >= 15 is 0 Å². The normalized spacial score (nSPS) is 11.8. The van der Waals surface area contributed by atoms with E-state index in [9.17, 15) is 9.18 Å². The third-order valence-electron chi connectivity index (χ3n) is 2.91. The molecule has 0 saturated carbocycles. The molecule has 0 aliphatic rings. The van der Waals surface area contributed by atoms with Crippen molar-refractivity contribution < 1.29 is 13.9 Å². The molecule has 0 aliphatic heterocycles. The number of ether oxygens (including phenoxy) is 1. The van der Waals surface area contributed by atoms with Crippen LogP contribution in [-0.4, -0.2) is 12.5 Å². The monoisotopic (exact) mass is 307 g/mol. The third kappa shape index (κ3) is 4.76. The molecule has 2 rings (SSSR count). The van der Waals surface area contributed by atoms with Gasteiger partial charge in [0.15, 0.2) is 6.61 Å². The summed E-state index contributed by atoms with van der Waals surface area (Å²) in [6.07, 6.45) is 0. The second-order valence-electron chi connectivity index (χ2n) is 4.59. The fourth-order valence-corrected chi connectivity index (χ4v) is 2.00. The van der Waals surface area contributed by atoms with Crippen LogP contribution in [0.15, 0.2) is 48.5 Å². The highest BCUT2D eigenvalue weighted by Gasteiger charge is 2.10. The molecule has 0 aliphatic carbocycles. The fraction of sp³-hybridized carbons (Fsp3) is 0.188. The van der Waals surface area contributed by atoms with E-state index in [1.165, 1.54) is 12.1 Å². The van der Waals surface area contributed by atoms with Crippen LogP contribution in [0.1, 0.15) is 18.5 Å². The Bertz CT molecular complexity index is 616. The van der Waals surface area contributed by atoms with E-state index in [0.717, 1.165) is 5.56 Å². The zero-order valence-electron chi connectivity index (χ0n) is 11.5. The Morgan fingerprint density at radius 2 is 2.00 bits per heavy atom. The largest absolute Gasteiger partial charge is 0.484 e. The van der Waals surface area contributed by atoms with Gasteiger partial charge in [-0.3, -0.25) is 4.79 Å². The highest BCUT2D eigenvalue weighted by atomic mass is 35.5. The summed E-state index contributed by atoms with van der Waals surface area (Å²) in [6.45, 7) is 1.72. The van der Waals surface area contributed by atoms with Crippen molar-refractivity contribution >= 4 is 17.5 Å². The Kier molecular flexibility index (Phi) is 5.17. The van der Waals surface area contributed by atoms with Crippen molar-refractivity contribution in [3.05, 3.63) is 64.9 Å². The molecule has 0 heterocycles. The van der Waals surface area contributed by atoms with Gasteiger partial charge in [-0.25, -0.2) is 4.39 Å². The first kappa shape index (κ1) is 15.3. The second-order valence-corrected chi connectivity index (χ2v) is 5.02. The van der Waals surface area contributed by atoms with Crippen molar-refractivity contribution in [3.8, 4) is 5.75 Å². The number of amides is 1. The maximum absolute atomic E-state index is 12.8. The molecule has 1 amide bonds. The van der Waals surface area contributed by atoms with Gasteiger partial charge in [0.25, 0.3) is 5.91 Å². The molecule has 2 aromatic carbocycles. The minimum atomic E-state index is -0.304. The summed E-state index contributed by atoms with van der Waals surface area (Å²) in [4.78, 5) is 11.8. The molecule has 0 fully saturated rings. The first-order valence-electron chi connectivity index (χ1n) is 6.48. The summed E-state index contributed by atoms with van der Waals surface area (Å²) in [7, 11) is 0. The van der Waals surface area contributed by atoms with Crippen molar-refractivity contribution in [1.82, 2.24) is 5.32 Å². The van der Waals surface area contributed by atoms with Gasteiger partial charge in [-0.2, -0.15) is 0 Å². The SMILES string of the molecule is C[C@@H](NC(=O)COc1cccc(Cl)c1)c1ccc(F)cc1. The number of hydrogen-bond donors (Lipinski definition) is 1. The maximum Gasteiger partial charge on any atom is 0.258 e. The van der Waals surface area contributed by atoms with Crippen LogP contribution in [0.25, 0.3) is 0 Å². The lowest BCUT2D eigenvalue weighted by Gasteiger charge is -2.14. The summed E-state index contributed by atoms with van der Waals surface area (Å²) in [6, 6.07) is 12.6. The van der Waals surface area contributed by atoms with Gasteiger partial charge in [0.05, 0.1) is 6.04 Å². The number of carbonyl (C=O) groups is 1. The predicted octanol–water partition coefficient (Wildman–Crippen LogP) is 3.74. The molecule has 0 spiro atoms. The molecule has 0 radical (unpaired) electrons. The van der Waals surface area contributed by atoms with Crippen LogP contribution in [0.5, 0.6) is 5.75 Å². The van der Waals surface area contributed by atoms with Gasteiger partial charge < -0.3 is 10.1 Å². The predicted molar refractivity (Wildman–Crippen MR) is 79.9 cm³/mol. The van der Waals surface area contributed by atoms with Gasteiger partial charge in [0.2, 0.25) is 0 Å². The zero-order chi connectivity index (χ0) is 15.2. The van der Waals surface area contributed by atoms with Crippen LogP contribution in [0, 0.1) is 5.82 Å². The number of rotatable bonds is 5. The average Bonchev–Trinajstić information content (AvgIpc) is 2.46. The van der Waals surface area contributed by atoms with E-state index in [1.54, 1.807) is 36.4 Å². The van der Waals surface area contributed by atoms with E-state index in [2.05, 4.69) is 5.32 Å². The van der Waals surface area contributed by atoms with Crippen LogP contribution >= 0.6 is 11.6 Å². The Morgan fingerprint density at radius 3 is 2.67 bits per heavy atom. The van der Waals surface area contributed by atoms with Gasteiger partial charge in [0.1, 0.15) is 11.6 Å². The second kappa shape index (κ2) is 7.09. The Morgan fingerprint density at radius 1 is 1.29 bits per heavy atom. The Labute approximate surface area is 127 Å². The van der Waals surface area contributed by atoms with Crippen LogP contribution in [0.3, 0.4) is 0 Å². The molecular formula is C16H15ClFNO2. The van der Waals surface area contributed by atoms with Crippen molar-refractivity contribution in [2.24, 2.45) is 0 Å². The fourth-order valence-electron chi connectivity index (χ4n) is 1.82. The zero-order valence-corrected chi connectivity index (χ0v) is 12.2. The van der Waals surface area contributed by atoms with Crippen LogP contribution in [-0.2, 0) is 4.79 Å². The van der Waals surface area contributed by atoms with Crippen molar-refractivity contribution in [2.45, 2.75) is 13.0 Å². The third-order valence-corrected chi connectivity index (χ3v) is 3.15. The summed E-state index contributed by atoms with van der Waals surface area (Å²) in [5.41, 5.74) is 0.826. The molecule has 0 aromatic heterocycles. The molecule has 0 bridgehead atoms. The molecule has 5 heteroatoms. The summed E-state index contributed by atoms with van der Waals surface area (Å²) < 4.78 is 18.2. The molecule has 21 heavy (non-hydrogen) atoms. The number of halogens is 2. The lowest BCUT2D eigenvalue weighted by molar-refractivity contribution is -0.123. The first-order valence-corrected chi connectivity index (χ1v) is 6.85. The van der Waals surface area contributed by atoms with Gasteiger partial charge in [-0.1, -0.05) is 29.8 Å². The lowest BCUT2D eigenvalue weighted by Crippen LogP contribution is -2.31. The number of carbonyl (C=O) groups excluding carboxylic acids is 1. The minimum Gasteiger partial charge on any atom is -0.484 e. The molecule has 110 valence electrons. The molecule has 3 nitrogen and oxygen atoms in total. The van der Waals surface area contributed by atoms with Crippen molar-refractivity contribution in [3.63, 3.8) is 0 Å². The van der Waals surface area contributed by atoms with E-state index in [1.807, 2.05) is 6.92 Å². The number of nitrogens with one attached hydrogen (secondary N) is 1. The van der Waals surface area contributed by atoms with E-state index < -0.39 is 0 Å². The standard InChI is InChI=1S/C16H15ClFNO2/c1-11(12-5-7-14(18)8-6-12)19-16(20)10-21-15-4-2-3-13(17)9-15/h2-9,11H,10H2,1H3,(H,19,20)/t11-/m1/s1. The quantitative estimate of drug-likeness (QED) is 0.914. The number of hydrogen-bond acceptors (Lipinski definition) is 2. The Hall–Kier alpha value is -2.07. The smallest absolute Gasteiger partial charge is 0.258 e. The van der Waals surface area contributed by atoms with E-state index in [0.29, 0.717) is 10.8 Å². The average molecular weight is 308 g/mol. The molecule has 1 atom stereocenters. The minimum absolute atomic E-state index is 0.105. The summed E-state index contributed by atoms with van der Waals surface area (Å²) in [5, 5.41) is 3.33. The topological polar surface area (TPSA) is 38.3 Å². The summed E-state index contributed by atoms with van der Waals surface area (Å²) >= 11 is 5.83. The molecular weight excluding hydrogens is 293 g/mol. The van der Waals surface area contributed by atoms with Crippen LogP contribution < -0.4 is 10.1 Å². The van der Waals surface area contributed by atoms with Crippen molar-refractivity contribution in [2.75, 3.05) is 6.61 Å². The molecule has 2 aromatic rings. The summed E-state index contributed by atoms with van der Waals surface area (Å²) in [5.74, 6) is -0.0274. The van der Waals surface area contributed by atoms with Gasteiger partial charge in [0, 0.05) is 5.02 Å². The van der Waals surface area contributed by atoms with Gasteiger partial charge >= 0.3 is 0 Å². The van der Waals surface area contributed by atoms with Gasteiger partial charge in [-0.05, 0) is 42.8 Å². The van der Waals surface area contributed by atoms with Gasteiger partial charge in [-0.15, -0.1) is 0 Å². The Balaban J connectivity index is 1.85. The molecule has 1 N–H and O–H groups in total. The van der Waals surface area contributed by atoms with Crippen LogP contribution in [0.4, 0.5) is 4.39 Å². The highest BCUT2D eigenvalue weighted by molar-refractivity contribution is 6.30. The lowest BCUT2D eigenvalue weighted by atomic mass is 10.1.